The van der Waals surface area contributed by atoms with Crippen molar-refractivity contribution in [3.8, 4) is 0 Å². The fourth-order valence-electron chi connectivity index (χ4n) is 10.4. The molecule has 0 aromatic carbocycles. The molecule has 6 rings (SSSR count). The summed E-state index contributed by atoms with van der Waals surface area (Å²) in [4.78, 5) is 21.6. The second-order valence-electron chi connectivity index (χ2n) is 14.2. The number of rotatable bonds is 8. The second-order valence-corrected chi connectivity index (χ2v) is 14.2. The van der Waals surface area contributed by atoms with E-state index in [2.05, 4.69) is 6.92 Å². The van der Waals surface area contributed by atoms with Crippen molar-refractivity contribution in [2.24, 2.45) is 28.6 Å². The lowest BCUT2D eigenvalue weighted by Crippen LogP contribution is -3.07. The molecular formula is C29H46N2O13. The average molecular weight is 631 g/mol. The molecule has 14 unspecified atom stereocenters. The van der Waals surface area contributed by atoms with Crippen LogP contribution >= 0.6 is 0 Å². The summed E-state index contributed by atoms with van der Waals surface area (Å²) in [6.07, 6.45) is 1.95. The molecule has 0 radical (unpaired) electrons. The van der Waals surface area contributed by atoms with E-state index >= 15 is 0 Å². The van der Waals surface area contributed by atoms with Gasteiger partial charge in [-0.05, 0) is 81.6 Å². The van der Waals surface area contributed by atoms with E-state index in [1.807, 2.05) is 0 Å². The van der Waals surface area contributed by atoms with Crippen molar-refractivity contribution in [1.82, 2.24) is 0 Å². The molecule has 4 saturated carbocycles. The highest BCUT2D eigenvalue weighted by Gasteiger charge is 2.71. The zero-order valence-electron chi connectivity index (χ0n) is 25.2. The van der Waals surface area contributed by atoms with Gasteiger partial charge in [-0.2, -0.15) is 20.1 Å². The van der Waals surface area contributed by atoms with Gasteiger partial charge in [0.05, 0.1) is 30.0 Å². The predicted molar refractivity (Wildman–Crippen MR) is 144 cm³/mol. The Balaban J connectivity index is 1.17. The highest BCUT2D eigenvalue weighted by molar-refractivity contribution is 5.85. The van der Waals surface area contributed by atoms with Crippen LogP contribution in [-0.2, 0) is 28.7 Å². The fraction of sp³-hybridized carbons (Fsp3) is 0.897. The highest BCUT2D eigenvalue weighted by atomic mass is 17.1. The molecule has 0 aromatic rings. The summed E-state index contributed by atoms with van der Waals surface area (Å²) in [5, 5.41) is 73.3. The third-order valence-corrected chi connectivity index (χ3v) is 12.5. The van der Waals surface area contributed by atoms with E-state index in [1.165, 1.54) is 0 Å². The number of carbonyl (C=O) groups is 1. The molecule has 7 N–H and O–H groups in total. The summed E-state index contributed by atoms with van der Waals surface area (Å²) in [7, 11) is 0. The van der Waals surface area contributed by atoms with E-state index in [9.17, 15) is 35.7 Å². The molecule has 0 aromatic heterocycles. The maximum atomic E-state index is 12.4. The van der Waals surface area contributed by atoms with Crippen LogP contribution in [0, 0.1) is 39.0 Å². The van der Waals surface area contributed by atoms with E-state index in [1.54, 1.807) is 13.0 Å². The largest absolute Gasteiger partial charge is 0.566 e. The molecule has 4 aliphatic carbocycles. The van der Waals surface area contributed by atoms with Gasteiger partial charge in [-0.25, -0.2) is 4.79 Å². The van der Waals surface area contributed by atoms with Crippen molar-refractivity contribution in [3.63, 3.8) is 0 Å². The highest BCUT2D eigenvalue weighted by Crippen LogP contribution is 2.70. The number of cyclic esters (lactones) is 1. The van der Waals surface area contributed by atoms with Gasteiger partial charge < -0.3 is 39.9 Å². The number of ether oxygens (including phenoxy) is 3. The van der Waals surface area contributed by atoms with E-state index < -0.39 is 63.5 Å². The van der Waals surface area contributed by atoms with E-state index in [0.717, 1.165) is 18.4 Å². The quantitative estimate of drug-likeness (QED) is 0.0973. The maximum absolute atomic E-state index is 12.4. The van der Waals surface area contributed by atoms with Crippen molar-refractivity contribution < 1.29 is 65.2 Å². The van der Waals surface area contributed by atoms with Crippen LogP contribution in [0.3, 0.4) is 0 Å². The molecule has 44 heavy (non-hydrogen) atoms. The summed E-state index contributed by atoms with van der Waals surface area (Å²) < 4.78 is 17.3. The first kappa shape index (κ1) is 32.6. The van der Waals surface area contributed by atoms with Crippen molar-refractivity contribution in [2.75, 3.05) is 13.2 Å². The summed E-state index contributed by atoms with van der Waals surface area (Å²) in [6, 6.07) is 0. The Morgan fingerprint density at radius 1 is 1.02 bits per heavy atom. The number of nitrogens with one attached hydrogen (secondary N) is 2. The van der Waals surface area contributed by atoms with Gasteiger partial charge in [0.1, 0.15) is 6.61 Å². The summed E-state index contributed by atoms with van der Waals surface area (Å²) in [6.45, 7) is 3.73. The van der Waals surface area contributed by atoms with Crippen LogP contribution in [0.5, 0.6) is 0 Å². The minimum Gasteiger partial charge on any atom is -0.566 e. The van der Waals surface area contributed by atoms with E-state index in [-0.39, 0.29) is 49.8 Å². The Labute approximate surface area is 255 Å². The van der Waals surface area contributed by atoms with Crippen molar-refractivity contribution in [3.05, 3.63) is 22.1 Å². The lowest BCUT2D eigenvalue weighted by molar-refractivity contribution is -1.22. The van der Waals surface area contributed by atoms with Gasteiger partial charge in [-0.15, -0.1) is 0 Å². The number of carbonyl (C=O) groups excluding carboxylic acids is 1. The Kier molecular flexibility index (Phi) is 8.70. The first-order valence-corrected chi connectivity index (χ1v) is 15.8. The van der Waals surface area contributed by atoms with Crippen molar-refractivity contribution >= 4 is 5.97 Å². The monoisotopic (exact) mass is 630 g/mol. The Bertz CT molecular complexity index is 1120. The van der Waals surface area contributed by atoms with E-state index in [0.29, 0.717) is 38.5 Å². The Hall–Kier alpha value is -1.31. The molecule has 15 nitrogen and oxygen atoms in total. The average Bonchev–Trinajstić information content (AvgIpc) is 3.49. The molecule has 0 spiro atoms. The number of quaternary nitrogens is 2. The van der Waals surface area contributed by atoms with Gasteiger partial charge in [0.2, 0.25) is 0 Å². The number of hydrogen-bond donors (Lipinski definition) is 7. The third-order valence-electron chi connectivity index (χ3n) is 12.5. The minimum absolute atomic E-state index is 0.0437. The van der Waals surface area contributed by atoms with Crippen LogP contribution in [0.2, 0.25) is 0 Å². The topological polar surface area (TPSA) is 219 Å². The lowest BCUT2D eigenvalue weighted by atomic mass is 9.41. The van der Waals surface area contributed by atoms with Crippen LogP contribution in [-0.4, -0.2) is 86.8 Å². The number of hydrogen-bond acceptors (Lipinski definition) is 13. The van der Waals surface area contributed by atoms with Gasteiger partial charge in [0, 0.05) is 29.7 Å². The Morgan fingerprint density at radius 2 is 1.75 bits per heavy atom. The van der Waals surface area contributed by atoms with E-state index in [4.69, 9.17) is 29.1 Å². The number of fused-ring (bicyclic) bond motifs is 5. The molecule has 15 heteroatoms. The SMILES string of the molecule is CC1OC(OC2CCC3(CO)C4CCC5(C)C(C6=CC(=O)OC6)CCC5(O)C4CCC3(O)C2)CC(O[NH+]([O-])O)C1O[NH+]([O-])O. The molecule has 0 bridgehead atoms. The van der Waals surface area contributed by atoms with Crippen molar-refractivity contribution in [1.29, 1.82) is 0 Å². The zero-order chi connectivity index (χ0) is 31.7. The summed E-state index contributed by atoms with van der Waals surface area (Å²) >= 11 is 0. The van der Waals surface area contributed by atoms with Gasteiger partial charge in [0.25, 0.3) is 0 Å². The standard InChI is InChI=1S/C29H46N2O13/c1-16-25(44-31(38)39)22(43-30(36)37)12-24(41-16)42-18-3-8-27(15-32)20-4-7-26(2)19(17-11-23(33)40-14-17)6-10-29(26,35)21(20)5-9-28(27,34)13-18/h11,16,18-22,24-25,30-32,34-36,38H,3-10,12-15H2,1-2H3. The van der Waals surface area contributed by atoms with Gasteiger partial charge in [-0.3, -0.25) is 0 Å². The molecule has 1 saturated heterocycles. The summed E-state index contributed by atoms with van der Waals surface area (Å²) in [5.74, 6) is -0.507. The normalized spacial score (nSPS) is 50.2. The van der Waals surface area contributed by atoms with Gasteiger partial charge >= 0.3 is 5.97 Å². The second kappa shape index (κ2) is 11.7. The minimum atomic E-state index is -1.57. The summed E-state index contributed by atoms with van der Waals surface area (Å²) in [5.41, 5.74) is -2.57. The van der Waals surface area contributed by atoms with Gasteiger partial charge in [-0.1, -0.05) is 17.7 Å². The van der Waals surface area contributed by atoms with Gasteiger partial charge in [0.15, 0.2) is 18.5 Å². The number of aliphatic hydroxyl groups excluding tert-OH is 1. The van der Waals surface area contributed by atoms with Crippen LogP contribution in [0.25, 0.3) is 0 Å². The fourth-order valence-corrected chi connectivity index (χ4v) is 10.4. The van der Waals surface area contributed by atoms with Crippen LogP contribution in [0.1, 0.15) is 78.1 Å². The predicted octanol–water partition coefficient (Wildman–Crippen LogP) is -1.00. The molecule has 14 atom stereocenters. The molecule has 0 amide bonds. The van der Waals surface area contributed by atoms with Crippen LogP contribution in [0.15, 0.2) is 11.6 Å². The van der Waals surface area contributed by atoms with Crippen molar-refractivity contribution in [2.45, 2.75) is 120 Å². The Morgan fingerprint density at radius 3 is 2.41 bits per heavy atom. The number of aliphatic hydroxyl groups is 3. The zero-order valence-corrected chi connectivity index (χ0v) is 25.2. The first-order chi connectivity index (χ1) is 20.7. The van der Waals surface area contributed by atoms with Crippen LogP contribution < -0.4 is 10.8 Å². The first-order valence-electron chi connectivity index (χ1n) is 15.8. The lowest BCUT2D eigenvalue weighted by Gasteiger charge is -2.66. The molecule has 6 aliphatic rings. The molecule has 5 fully saturated rings. The third kappa shape index (κ3) is 5.14. The maximum Gasteiger partial charge on any atom is 0.331 e. The molecule has 2 heterocycles. The molecule has 250 valence electrons. The molecule has 2 aliphatic heterocycles. The van der Waals surface area contributed by atoms with Crippen LogP contribution in [0.4, 0.5) is 0 Å². The smallest absolute Gasteiger partial charge is 0.331 e. The number of esters is 1. The molecular weight excluding hydrogens is 584 g/mol.